The smallest absolute Gasteiger partial charge is 0.246 e. The van der Waals surface area contributed by atoms with Crippen LogP contribution in [0.4, 0.5) is 8.78 Å². The number of rotatable bonds is 5. The fourth-order valence-corrected chi connectivity index (χ4v) is 2.07. The summed E-state index contributed by atoms with van der Waals surface area (Å²) in [6.07, 6.45) is 0.124. The third-order valence-electron chi connectivity index (χ3n) is 3.29. The number of nitrogens with one attached hydrogen (secondary N) is 1. The quantitative estimate of drug-likeness (QED) is 0.781. The number of halogens is 2. The van der Waals surface area contributed by atoms with E-state index in [9.17, 15) is 13.6 Å². The molecule has 5 nitrogen and oxygen atoms in total. The molecule has 0 atom stereocenters. The Labute approximate surface area is 136 Å². The van der Waals surface area contributed by atoms with Crippen LogP contribution in [0.15, 0.2) is 53.1 Å². The van der Waals surface area contributed by atoms with Gasteiger partial charge in [0, 0.05) is 5.56 Å². The van der Waals surface area contributed by atoms with Crippen LogP contribution in [-0.4, -0.2) is 16.0 Å². The van der Waals surface area contributed by atoms with Crippen LogP contribution < -0.4 is 5.32 Å². The highest BCUT2D eigenvalue weighted by molar-refractivity contribution is 5.78. The third-order valence-corrected chi connectivity index (χ3v) is 3.29. The first-order valence-corrected chi connectivity index (χ1v) is 7.20. The van der Waals surface area contributed by atoms with Crippen molar-refractivity contribution in [2.24, 2.45) is 0 Å². The van der Waals surface area contributed by atoms with Gasteiger partial charge >= 0.3 is 0 Å². The minimum absolute atomic E-state index is 0.0776. The largest absolute Gasteiger partial charge is 0.347 e. The molecule has 0 aliphatic rings. The Morgan fingerprint density at radius 3 is 2.29 bits per heavy atom. The minimum Gasteiger partial charge on any atom is -0.347 e. The van der Waals surface area contributed by atoms with E-state index in [4.69, 9.17) is 4.52 Å². The van der Waals surface area contributed by atoms with Gasteiger partial charge in [-0.1, -0.05) is 17.3 Å². The second-order valence-electron chi connectivity index (χ2n) is 5.10. The van der Waals surface area contributed by atoms with Crippen LogP contribution in [0.5, 0.6) is 0 Å². The number of carbonyl (C=O) groups excluding carboxylic acids is 1. The first-order chi connectivity index (χ1) is 11.6. The molecule has 0 spiro atoms. The Morgan fingerprint density at radius 2 is 1.62 bits per heavy atom. The molecule has 3 rings (SSSR count). The number of benzene rings is 2. The van der Waals surface area contributed by atoms with Crippen molar-refractivity contribution < 1.29 is 18.1 Å². The molecule has 2 aromatic carbocycles. The summed E-state index contributed by atoms with van der Waals surface area (Å²) in [7, 11) is 0. The van der Waals surface area contributed by atoms with Gasteiger partial charge in [0.1, 0.15) is 11.6 Å². The zero-order valence-corrected chi connectivity index (χ0v) is 12.5. The highest BCUT2D eigenvalue weighted by Crippen LogP contribution is 2.16. The number of nitrogens with zero attached hydrogens (tertiary/aromatic N) is 2. The number of hydrogen-bond acceptors (Lipinski definition) is 4. The molecule has 0 unspecified atom stereocenters. The summed E-state index contributed by atoms with van der Waals surface area (Å²) in [5.41, 5.74) is 1.32. The third kappa shape index (κ3) is 4.01. The van der Waals surface area contributed by atoms with Gasteiger partial charge in [-0.2, -0.15) is 4.98 Å². The maximum atomic E-state index is 12.9. The van der Waals surface area contributed by atoms with Crippen molar-refractivity contribution in [2.75, 3.05) is 0 Å². The molecule has 1 N–H and O–H groups in total. The van der Waals surface area contributed by atoms with E-state index in [0.717, 1.165) is 0 Å². The number of carbonyl (C=O) groups is 1. The molecular formula is C17H13F2N3O2. The predicted octanol–water partition coefficient (Wildman–Crippen LogP) is 2.87. The van der Waals surface area contributed by atoms with Crippen molar-refractivity contribution in [3.05, 3.63) is 71.6 Å². The van der Waals surface area contributed by atoms with Crippen molar-refractivity contribution in [3.63, 3.8) is 0 Å². The molecule has 0 saturated carbocycles. The maximum absolute atomic E-state index is 12.9. The SMILES string of the molecule is O=C(Cc1ccc(F)cc1)NCc1nc(-c2ccc(F)cc2)no1. The highest BCUT2D eigenvalue weighted by Gasteiger charge is 2.10. The van der Waals surface area contributed by atoms with Crippen LogP contribution in [0.25, 0.3) is 11.4 Å². The van der Waals surface area contributed by atoms with Gasteiger partial charge in [0.05, 0.1) is 13.0 Å². The van der Waals surface area contributed by atoms with Crippen molar-refractivity contribution in [3.8, 4) is 11.4 Å². The monoisotopic (exact) mass is 329 g/mol. The molecule has 24 heavy (non-hydrogen) atoms. The summed E-state index contributed by atoms with van der Waals surface area (Å²) >= 11 is 0. The van der Waals surface area contributed by atoms with Crippen molar-refractivity contribution >= 4 is 5.91 Å². The Hall–Kier alpha value is -3.09. The fraction of sp³-hybridized carbons (Fsp3) is 0.118. The highest BCUT2D eigenvalue weighted by atomic mass is 19.1. The minimum atomic E-state index is -0.351. The summed E-state index contributed by atoms with van der Waals surface area (Å²) in [6, 6.07) is 11.4. The number of aromatic nitrogens is 2. The number of hydrogen-bond donors (Lipinski definition) is 1. The van der Waals surface area contributed by atoms with Gasteiger partial charge in [-0.15, -0.1) is 0 Å². The fourth-order valence-electron chi connectivity index (χ4n) is 2.07. The van der Waals surface area contributed by atoms with Crippen molar-refractivity contribution in [1.82, 2.24) is 15.5 Å². The van der Waals surface area contributed by atoms with E-state index in [-0.39, 0.29) is 36.4 Å². The predicted molar refractivity (Wildman–Crippen MR) is 81.6 cm³/mol. The molecule has 0 aliphatic heterocycles. The van der Waals surface area contributed by atoms with Crippen molar-refractivity contribution in [1.29, 1.82) is 0 Å². The van der Waals surface area contributed by atoms with Crippen LogP contribution in [0, 0.1) is 11.6 Å². The summed E-state index contributed by atoms with van der Waals surface area (Å²) < 4.78 is 30.7. The van der Waals surface area contributed by atoms with Gasteiger partial charge in [-0.3, -0.25) is 4.79 Å². The van der Waals surface area contributed by atoms with Crippen molar-refractivity contribution in [2.45, 2.75) is 13.0 Å². The average Bonchev–Trinajstić information content (AvgIpc) is 3.05. The van der Waals surface area contributed by atoms with E-state index in [1.165, 1.54) is 36.4 Å². The lowest BCUT2D eigenvalue weighted by Gasteiger charge is -2.02. The molecule has 0 radical (unpaired) electrons. The Morgan fingerprint density at radius 1 is 1.00 bits per heavy atom. The summed E-state index contributed by atoms with van der Waals surface area (Å²) in [5, 5.41) is 6.43. The lowest BCUT2D eigenvalue weighted by Crippen LogP contribution is -2.24. The molecule has 0 bridgehead atoms. The van der Waals surface area contributed by atoms with Gasteiger partial charge < -0.3 is 9.84 Å². The lowest BCUT2D eigenvalue weighted by atomic mass is 10.1. The van der Waals surface area contributed by atoms with Crippen LogP contribution in [0.3, 0.4) is 0 Å². The molecule has 1 amide bonds. The van der Waals surface area contributed by atoms with E-state index in [2.05, 4.69) is 15.5 Å². The van der Waals surface area contributed by atoms with Crippen LogP contribution in [0.1, 0.15) is 11.5 Å². The lowest BCUT2D eigenvalue weighted by molar-refractivity contribution is -0.120. The van der Waals surface area contributed by atoms with Gasteiger partial charge in [-0.25, -0.2) is 8.78 Å². The standard InChI is InChI=1S/C17H13F2N3O2/c18-13-5-1-11(2-6-13)9-15(23)20-10-16-21-17(22-24-16)12-3-7-14(19)8-4-12/h1-8H,9-10H2,(H,20,23). The van der Waals surface area contributed by atoms with E-state index in [1.807, 2.05) is 0 Å². The first kappa shape index (κ1) is 15.8. The van der Waals surface area contributed by atoms with Crippen LogP contribution >= 0.6 is 0 Å². The zero-order valence-electron chi connectivity index (χ0n) is 12.5. The average molecular weight is 329 g/mol. The van der Waals surface area contributed by atoms with Gasteiger partial charge in [0.15, 0.2) is 0 Å². The van der Waals surface area contributed by atoms with E-state index < -0.39 is 0 Å². The molecule has 1 aromatic heterocycles. The van der Waals surface area contributed by atoms with E-state index in [1.54, 1.807) is 12.1 Å². The number of amides is 1. The maximum Gasteiger partial charge on any atom is 0.246 e. The molecular weight excluding hydrogens is 316 g/mol. The second kappa shape index (κ2) is 6.99. The Bertz CT molecular complexity index is 830. The molecule has 0 aliphatic carbocycles. The van der Waals surface area contributed by atoms with Gasteiger partial charge in [0.25, 0.3) is 0 Å². The molecule has 3 aromatic rings. The molecule has 7 heteroatoms. The first-order valence-electron chi connectivity index (χ1n) is 7.20. The summed E-state index contributed by atoms with van der Waals surface area (Å²) in [6.45, 7) is 0.0776. The van der Waals surface area contributed by atoms with Crippen LogP contribution in [0.2, 0.25) is 0 Å². The molecule has 122 valence electrons. The zero-order chi connectivity index (χ0) is 16.9. The summed E-state index contributed by atoms with van der Waals surface area (Å²) in [4.78, 5) is 16.0. The second-order valence-corrected chi connectivity index (χ2v) is 5.10. The topological polar surface area (TPSA) is 68.0 Å². The van der Waals surface area contributed by atoms with Crippen LogP contribution in [-0.2, 0) is 17.8 Å². The van der Waals surface area contributed by atoms with Gasteiger partial charge in [0.2, 0.25) is 17.6 Å². The summed E-state index contributed by atoms with van der Waals surface area (Å²) in [5.74, 6) is -0.392. The molecule has 0 saturated heterocycles. The van der Waals surface area contributed by atoms with E-state index in [0.29, 0.717) is 17.0 Å². The molecule has 1 heterocycles. The Kier molecular flexibility index (Phi) is 4.60. The normalized spacial score (nSPS) is 10.6. The Balaban J connectivity index is 1.56. The molecule has 0 fully saturated rings. The van der Waals surface area contributed by atoms with E-state index >= 15 is 0 Å². The van der Waals surface area contributed by atoms with Gasteiger partial charge in [-0.05, 0) is 42.0 Å².